The number of nitrogens with one attached hydrogen (secondary N) is 1. The van der Waals surface area contributed by atoms with Gasteiger partial charge in [-0.1, -0.05) is 6.92 Å². The summed E-state index contributed by atoms with van der Waals surface area (Å²) in [5, 5.41) is 4.39. The van der Waals surface area contributed by atoms with Crippen LogP contribution in [0.15, 0.2) is 6.20 Å². The average molecular weight is 267 g/mol. The molecular weight excluding hydrogens is 246 g/mol. The van der Waals surface area contributed by atoms with Gasteiger partial charge in [0.15, 0.2) is 0 Å². The molecule has 1 saturated heterocycles. The van der Waals surface area contributed by atoms with E-state index in [0.29, 0.717) is 12.5 Å². The monoisotopic (exact) mass is 267 g/mol. The van der Waals surface area contributed by atoms with Crippen LogP contribution < -0.4 is 5.32 Å². The van der Waals surface area contributed by atoms with Crippen molar-refractivity contribution in [1.29, 1.82) is 0 Å². The fourth-order valence-corrected chi connectivity index (χ4v) is 3.26. The highest BCUT2D eigenvalue weighted by Gasteiger charge is 2.29. The van der Waals surface area contributed by atoms with Crippen molar-refractivity contribution in [2.45, 2.75) is 39.3 Å². The van der Waals surface area contributed by atoms with Gasteiger partial charge in [0.05, 0.1) is 17.6 Å². The summed E-state index contributed by atoms with van der Waals surface area (Å²) < 4.78 is 0. The first-order valence-corrected chi connectivity index (χ1v) is 7.29. The molecule has 4 nitrogen and oxygen atoms in total. The van der Waals surface area contributed by atoms with E-state index in [0.717, 1.165) is 22.9 Å². The number of aryl methyl sites for hydroxylation is 1. The molecule has 2 unspecified atom stereocenters. The van der Waals surface area contributed by atoms with Crippen molar-refractivity contribution in [2.75, 3.05) is 13.6 Å². The van der Waals surface area contributed by atoms with Crippen LogP contribution in [0.25, 0.3) is 0 Å². The highest BCUT2D eigenvalue weighted by molar-refractivity contribution is 7.11. The summed E-state index contributed by atoms with van der Waals surface area (Å²) >= 11 is 1.66. The van der Waals surface area contributed by atoms with Crippen LogP contribution in [0, 0.1) is 12.8 Å². The molecule has 1 aromatic rings. The Balaban J connectivity index is 1.95. The van der Waals surface area contributed by atoms with E-state index in [1.807, 2.05) is 25.1 Å². The van der Waals surface area contributed by atoms with E-state index in [9.17, 15) is 4.79 Å². The highest BCUT2D eigenvalue weighted by Crippen LogP contribution is 2.19. The normalized spacial score (nSPS) is 23.9. The molecule has 100 valence electrons. The van der Waals surface area contributed by atoms with Crippen molar-refractivity contribution in [2.24, 2.45) is 5.92 Å². The van der Waals surface area contributed by atoms with Crippen molar-refractivity contribution in [3.05, 3.63) is 16.1 Å². The van der Waals surface area contributed by atoms with E-state index in [1.54, 1.807) is 11.3 Å². The molecule has 18 heavy (non-hydrogen) atoms. The maximum absolute atomic E-state index is 12.4. The fourth-order valence-electron chi connectivity index (χ4n) is 2.41. The summed E-state index contributed by atoms with van der Waals surface area (Å²) in [4.78, 5) is 19.5. The van der Waals surface area contributed by atoms with Gasteiger partial charge in [0.25, 0.3) is 0 Å². The van der Waals surface area contributed by atoms with Crippen molar-refractivity contribution in [3.63, 3.8) is 0 Å². The molecule has 2 atom stereocenters. The van der Waals surface area contributed by atoms with Gasteiger partial charge in [-0.25, -0.2) is 4.98 Å². The number of thiazole rings is 1. The Morgan fingerprint density at radius 3 is 3.06 bits per heavy atom. The molecule has 1 aromatic heterocycles. The van der Waals surface area contributed by atoms with Gasteiger partial charge < -0.3 is 10.2 Å². The lowest BCUT2D eigenvalue weighted by atomic mass is 9.92. The van der Waals surface area contributed by atoms with E-state index in [4.69, 9.17) is 0 Å². The predicted octanol–water partition coefficient (Wildman–Crippen LogP) is 1.80. The number of amides is 1. The van der Waals surface area contributed by atoms with Gasteiger partial charge >= 0.3 is 0 Å². The minimum atomic E-state index is -0.0160. The van der Waals surface area contributed by atoms with E-state index < -0.39 is 0 Å². The Morgan fingerprint density at radius 1 is 1.67 bits per heavy atom. The van der Waals surface area contributed by atoms with Gasteiger partial charge in [-0.2, -0.15) is 0 Å². The summed E-state index contributed by atoms with van der Waals surface area (Å²) in [7, 11) is 1.88. The van der Waals surface area contributed by atoms with Crippen LogP contribution in [0.3, 0.4) is 0 Å². The van der Waals surface area contributed by atoms with Crippen LogP contribution in [0.5, 0.6) is 0 Å². The van der Waals surface area contributed by atoms with Gasteiger partial charge in [0.2, 0.25) is 5.91 Å². The third kappa shape index (κ3) is 3.09. The third-order valence-corrected chi connectivity index (χ3v) is 4.37. The number of nitrogens with zero attached hydrogens (tertiary/aromatic N) is 2. The number of likely N-dealkylation sites (N-methyl/N-ethyl adjacent to an activating group) is 1. The molecule has 5 heteroatoms. The first-order chi connectivity index (χ1) is 8.58. The quantitative estimate of drug-likeness (QED) is 0.908. The van der Waals surface area contributed by atoms with Gasteiger partial charge in [-0.05, 0) is 32.2 Å². The lowest BCUT2D eigenvalue weighted by Gasteiger charge is -2.32. The molecule has 0 bridgehead atoms. The minimum Gasteiger partial charge on any atom is -0.339 e. The zero-order valence-corrected chi connectivity index (χ0v) is 12.1. The molecule has 1 aliphatic rings. The second-order valence-corrected chi connectivity index (χ2v) is 6.41. The molecule has 1 fully saturated rings. The molecule has 0 radical (unpaired) electrons. The summed E-state index contributed by atoms with van der Waals surface area (Å²) in [5.74, 6) is 0.630. The second kappa shape index (κ2) is 5.80. The smallest absolute Gasteiger partial charge is 0.240 e. The van der Waals surface area contributed by atoms with Crippen LogP contribution in [0.1, 0.15) is 29.7 Å². The number of carbonyl (C=O) groups excluding carboxylic acids is 1. The number of piperidine rings is 1. The van der Waals surface area contributed by atoms with Gasteiger partial charge in [0, 0.05) is 18.1 Å². The van der Waals surface area contributed by atoms with Crippen molar-refractivity contribution < 1.29 is 4.79 Å². The molecule has 0 aromatic carbocycles. The summed E-state index contributed by atoms with van der Waals surface area (Å²) in [6.07, 6.45) is 4.17. The van der Waals surface area contributed by atoms with E-state index in [-0.39, 0.29) is 11.9 Å². The topological polar surface area (TPSA) is 45.2 Å². The van der Waals surface area contributed by atoms with Gasteiger partial charge in [-0.3, -0.25) is 4.79 Å². The lowest BCUT2D eigenvalue weighted by molar-refractivity contribution is -0.134. The van der Waals surface area contributed by atoms with Crippen molar-refractivity contribution in [3.8, 4) is 0 Å². The van der Waals surface area contributed by atoms with E-state index in [2.05, 4.69) is 17.2 Å². The third-order valence-electron chi connectivity index (χ3n) is 3.47. The Morgan fingerprint density at radius 2 is 2.44 bits per heavy atom. The minimum absolute atomic E-state index is 0.0160. The second-order valence-electron chi connectivity index (χ2n) is 5.09. The molecule has 0 aliphatic carbocycles. The lowest BCUT2D eigenvalue weighted by Crippen LogP contribution is -2.51. The summed E-state index contributed by atoms with van der Waals surface area (Å²) in [6, 6.07) is -0.0160. The van der Waals surface area contributed by atoms with Crippen LogP contribution >= 0.6 is 11.3 Å². The fraction of sp³-hybridized carbons (Fsp3) is 0.692. The maximum Gasteiger partial charge on any atom is 0.240 e. The SMILES string of the molecule is Cc1ncc(CN(C)C(=O)C2NCCCC2C)s1. The molecule has 1 aliphatic heterocycles. The molecule has 0 spiro atoms. The van der Waals surface area contributed by atoms with Crippen molar-refractivity contribution in [1.82, 2.24) is 15.2 Å². The Bertz CT molecular complexity index is 418. The summed E-state index contributed by atoms with van der Waals surface area (Å²) in [5.41, 5.74) is 0. The highest BCUT2D eigenvalue weighted by atomic mass is 32.1. The number of aromatic nitrogens is 1. The van der Waals surface area contributed by atoms with Gasteiger partial charge in [0.1, 0.15) is 0 Å². The van der Waals surface area contributed by atoms with Crippen LogP contribution in [-0.2, 0) is 11.3 Å². The summed E-state index contributed by atoms with van der Waals surface area (Å²) in [6.45, 7) is 5.75. The standard InChI is InChI=1S/C13H21N3OS/c1-9-5-4-6-14-12(9)13(17)16(3)8-11-7-15-10(2)18-11/h7,9,12,14H,4-6,8H2,1-3H3. The molecule has 1 amide bonds. The van der Waals surface area contributed by atoms with Crippen LogP contribution in [-0.4, -0.2) is 35.4 Å². The van der Waals surface area contributed by atoms with Crippen molar-refractivity contribution >= 4 is 17.2 Å². The van der Waals surface area contributed by atoms with E-state index >= 15 is 0 Å². The molecule has 1 N–H and O–H groups in total. The number of rotatable bonds is 3. The molecular formula is C13H21N3OS. The predicted molar refractivity (Wildman–Crippen MR) is 73.5 cm³/mol. The zero-order chi connectivity index (χ0) is 13.1. The molecule has 2 rings (SSSR count). The van der Waals surface area contributed by atoms with Gasteiger partial charge in [-0.15, -0.1) is 11.3 Å². The number of hydrogen-bond acceptors (Lipinski definition) is 4. The molecule has 0 saturated carbocycles. The van der Waals surface area contributed by atoms with E-state index in [1.165, 1.54) is 6.42 Å². The van der Waals surface area contributed by atoms with Crippen LogP contribution in [0.2, 0.25) is 0 Å². The number of carbonyl (C=O) groups is 1. The Labute approximate surface area is 112 Å². The maximum atomic E-state index is 12.4. The number of hydrogen-bond donors (Lipinski definition) is 1. The largest absolute Gasteiger partial charge is 0.339 e. The van der Waals surface area contributed by atoms with Crippen LogP contribution in [0.4, 0.5) is 0 Å². The first-order valence-electron chi connectivity index (χ1n) is 6.47. The average Bonchev–Trinajstić information content (AvgIpc) is 2.74. The zero-order valence-electron chi connectivity index (χ0n) is 11.3. The Kier molecular flexibility index (Phi) is 4.35. The first kappa shape index (κ1) is 13.5. The Hall–Kier alpha value is -0.940. The molecule has 2 heterocycles.